The Morgan fingerprint density at radius 2 is 1.57 bits per heavy atom. The highest BCUT2D eigenvalue weighted by molar-refractivity contribution is 7.86. The van der Waals surface area contributed by atoms with E-state index in [2.05, 4.69) is 5.32 Å². The lowest BCUT2D eigenvalue weighted by Crippen LogP contribution is -2.03. The number of nitrogens with zero attached hydrogens (tertiary/aromatic N) is 2. The zero-order valence-corrected chi connectivity index (χ0v) is 14.6. The summed E-state index contributed by atoms with van der Waals surface area (Å²) in [6, 6.07) is 9.56. The van der Waals surface area contributed by atoms with E-state index in [4.69, 9.17) is 0 Å². The second-order valence-corrected chi connectivity index (χ2v) is 7.02. The third-order valence-corrected chi connectivity index (χ3v) is 4.81. The van der Waals surface area contributed by atoms with Gasteiger partial charge in [-0.05, 0) is 6.07 Å². The van der Waals surface area contributed by atoms with E-state index in [1.807, 2.05) is 0 Å². The number of phenols is 1. The van der Waals surface area contributed by atoms with Crippen LogP contribution in [0.15, 0.2) is 53.4 Å². The summed E-state index contributed by atoms with van der Waals surface area (Å²) in [7, 11) is -4.65. The first kappa shape index (κ1) is 19.0. The van der Waals surface area contributed by atoms with Crippen molar-refractivity contribution >= 4 is 43.6 Å². The Morgan fingerprint density at radius 3 is 2.14 bits per heavy atom. The fraction of sp³-hybridized carbons (Fsp3) is 0. The molecular weight excluding hydrogens is 394 g/mol. The normalized spacial score (nSPS) is 11.3. The largest absolute Gasteiger partial charge is 0.506 e. The molecule has 0 saturated carbocycles. The van der Waals surface area contributed by atoms with E-state index in [0.717, 1.165) is 24.3 Å². The number of nitro groups is 2. The second-order valence-electron chi connectivity index (χ2n) is 5.63. The van der Waals surface area contributed by atoms with Gasteiger partial charge in [-0.3, -0.25) is 24.8 Å². The Hall–Kier alpha value is -3.77. The minimum absolute atomic E-state index is 0.0647. The maximum atomic E-state index is 11.6. The lowest BCUT2D eigenvalue weighted by atomic mass is 10.1. The summed E-state index contributed by atoms with van der Waals surface area (Å²) in [5.41, 5.74) is -1.33. The lowest BCUT2D eigenvalue weighted by molar-refractivity contribution is -0.393. The van der Waals surface area contributed by atoms with Gasteiger partial charge in [-0.1, -0.05) is 24.3 Å². The molecule has 0 aliphatic heterocycles. The minimum atomic E-state index is -4.65. The van der Waals surface area contributed by atoms with Gasteiger partial charge in [-0.2, -0.15) is 8.42 Å². The lowest BCUT2D eigenvalue weighted by Gasteiger charge is -2.14. The Kier molecular flexibility index (Phi) is 4.58. The van der Waals surface area contributed by atoms with Crippen molar-refractivity contribution in [2.24, 2.45) is 0 Å². The number of benzene rings is 3. The highest BCUT2D eigenvalue weighted by Crippen LogP contribution is 2.41. The molecule has 0 aromatic heterocycles. The fourth-order valence-electron chi connectivity index (χ4n) is 2.70. The molecule has 0 heterocycles. The maximum Gasteiger partial charge on any atom is 0.299 e. The number of rotatable bonds is 5. The quantitative estimate of drug-likeness (QED) is 0.249. The summed E-state index contributed by atoms with van der Waals surface area (Å²) in [6.07, 6.45) is 0. The molecule has 3 N–H and O–H groups in total. The molecule has 0 atom stereocenters. The smallest absolute Gasteiger partial charge is 0.299 e. The molecule has 3 rings (SSSR count). The standard InChI is InChI=1S/C16H11N3O8S/c20-14-8-15(28(25,26)27)10-3-1-2-4-11(10)16(14)17-12-6-5-9(18(21)22)7-13(12)19(23)24/h1-8,17,20H,(H,25,26,27). The number of nitrogens with one attached hydrogen (secondary N) is 1. The second kappa shape index (κ2) is 6.75. The molecule has 0 radical (unpaired) electrons. The van der Waals surface area contributed by atoms with Crippen molar-refractivity contribution in [2.45, 2.75) is 4.90 Å². The molecule has 0 spiro atoms. The molecule has 0 aliphatic rings. The van der Waals surface area contributed by atoms with Crippen LogP contribution < -0.4 is 5.32 Å². The van der Waals surface area contributed by atoms with Crippen LogP contribution in [0.2, 0.25) is 0 Å². The molecule has 3 aromatic rings. The van der Waals surface area contributed by atoms with Crippen molar-refractivity contribution in [1.82, 2.24) is 0 Å². The first-order chi connectivity index (χ1) is 13.1. The first-order valence-electron chi connectivity index (χ1n) is 7.51. The predicted octanol–water partition coefficient (Wildman–Crippen LogP) is 3.35. The van der Waals surface area contributed by atoms with Gasteiger partial charge in [0.25, 0.3) is 21.5 Å². The van der Waals surface area contributed by atoms with Crippen molar-refractivity contribution in [1.29, 1.82) is 0 Å². The van der Waals surface area contributed by atoms with Crippen molar-refractivity contribution in [3.05, 3.63) is 68.8 Å². The average Bonchev–Trinajstić information content (AvgIpc) is 2.62. The van der Waals surface area contributed by atoms with E-state index in [1.54, 1.807) is 0 Å². The number of non-ortho nitro benzene ring substituents is 1. The molecule has 0 amide bonds. The Bertz CT molecular complexity index is 1240. The van der Waals surface area contributed by atoms with Crippen LogP contribution in [0.1, 0.15) is 0 Å². The highest BCUT2D eigenvalue weighted by atomic mass is 32.2. The third-order valence-electron chi connectivity index (χ3n) is 3.91. The number of fused-ring (bicyclic) bond motifs is 1. The summed E-state index contributed by atoms with van der Waals surface area (Å²) >= 11 is 0. The fourth-order valence-corrected chi connectivity index (χ4v) is 3.41. The average molecular weight is 405 g/mol. The molecule has 11 nitrogen and oxygen atoms in total. The van der Waals surface area contributed by atoms with Crippen LogP contribution in [0, 0.1) is 20.2 Å². The molecular formula is C16H11N3O8S. The van der Waals surface area contributed by atoms with Gasteiger partial charge in [0, 0.05) is 22.9 Å². The summed E-state index contributed by atoms with van der Waals surface area (Å²) in [5.74, 6) is -0.598. The third kappa shape index (κ3) is 3.41. The predicted molar refractivity (Wildman–Crippen MR) is 98.5 cm³/mol. The van der Waals surface area contributed by atoms with E-state index >= 15 is 0 Å². The molecule has 28 heavy (non-hydrogen) atoms. The molecule has 144 valence electrons. The summed E-state index contributed by atoms with van der Waals surface area (Å²) in [5, 5.41) is 35.2. The van der Waals surface area contributed by atoms with Crippen LogP contribution in [-0.4, -0.2) is 27.9 Å². The SMILES string of the molecule is O=[N+]([O-])c1ccc(Nc2c(O)cc(S(=O)(=O)O)c3ccccc23)c([N+](=O)[O-])c1. The first-order valence-corrected chi connectivity index (χ1v) is 8.95. The van der Waals surface area contributed by atoms with Gasteiger partial charge in [-0.25, -0.2) is 0 Å². The van der Waals surface area contributed by atoms with Crippen LogP contribution in [0.5, 0.6) is 5.75 Å². The molecule has 0 unspecified atom stereocenters. The van der Waals surface area contributed by atoms with Crippen molar-refractivity contribution in [2.75, 3.05) is 5.32 Å². The number of phenolic OH excluding ortho intramolecular Hbond substituents is 1. The van der Waals surface area contributed by atoms with E-state index < -0.39 is 42.0 Å². The van der Waals surface area contributed by atoms with Gasteiger partial charge in [0.1, 0.15) is 16.3 Å². The monoisotopic (exact) mass is 405 g/mol. The van der Waals surface area contributed by atoms with E-state index in [-0.39, 0.29) is 22.1 Å². The number of hydrogen-bond donors (Lipinski definition) is 3. The van der Waals surface area contributed by atoms with Crippen LogP contribution in [0.25, 0.3) is 10.8 Å². The molecule has 0 aliphatic carbocycles. The van der Waals surface area contributed by atoms with E-state index in [1.165, 1.54) is 24.3 Å². The van der Waals surface area contributed by atoms with Crippen molar-refractivity contribution in [3.8, 4) is 5.75 Å². The van der Waals surface area contributed by atoms with Crippen LogP contribution in [-0.2, 0) is 10.1 Å². The Morgan fingerprint density at radius 1 is 0.929 bits per heavy atom. The van der Waals surface area contributed by atoms with Crippen LogP contribution in [0.3, 0.4) is 0 Å². The van der Waals surface area contributed by atoms with Gasteiger partial charge in [0.15, 0.2) is 0 Å². The summed E-state index contributed by atoms with van der Waals surface area (Å²) in [4.78, 5) is 20.0. The number of aromatic hydroxyl groups is 1. The van der Waals surface area contributed by atoms with Gasteiger partial charge in [0.2, 0.25) is 0 Å². The summed E-state index contributed by atoms with van der Waals surface area (Å²) in [6.45, 7) is 0. The number of hydrogen-bond acceptors (Lipinski definition) is 8. The van der Waals surface area contributed by atoms with Gasteiger partial charge in [-0.15, -0.1) is 0 Å². The van der Waals surface area contributed by atoms with Gasteiger partial charge in [0.05, 0.1) is 21.6 Å². The van der Waals surface area contributed by atoms with Crippen molar-refractivity contribution in [3.63, 3.8) is 0 Å². The van der Waals surface area contributed by atoms with Crippen LogP contribution >= 0.6 is 0 Å². The molecule has 3 aromatic carbocycles. The maximum absolute atomic E-state index is 11.6. The van der Waals surface area contributed by atoms with E-state index in [9.17, 15) is 38.3 Å². The minimum Gasteiger partial charge on any atom is -0.506 e. The Balaban J connectivity index is 2.23. The van der Waals surface area contributed by atoms with Crippen molar-refractivity contribution < 1.29 is 27.9 Å². The zero-order valence-electron chi connectivity index (χ0n) is 13.8. The number of nitro benzene ring substituents is 2. The molecule has 12 heteroatoms. The molecule has 0 bridgehead atoms. The zero-order chi connectivity index (χ0) is 20.6. The van der Waals surface area contributed by atoms with Gasteiger partial charge < -0.3 is 10.4 Å². The molecule has 0 fully saturated rings. The van der Waals surface area contributed by atoms with E-state index in [0.29, 0.717) is 0 Å². The number of anilines is 2. The molecule has 0 saturated heterocycles. The summed E-state index contributed by atoms with van der Waals surface area (Å²) < 4.78 is 32.5. The Labute approximate surface area is 156 Å². The van der Waals surface area contributed by atoms with Crippen LogP contribution in [0.4, 0.5) is 22.7 Å². The highest BCUT2D eigenvalue weighted by Gasteiger charge is 2.23. The van der Waals surface area contributed by atoms with Gasteiger partial charge >= 0.3 is 0 Å². The topological polar surface area (TPSA) is 173 Å².